The lowest BCUT2D eigenvalue weighted by molar-refractivity contribution is 0.0641. The molecule has 1 rings (SSSR count). The van der Waals surface area contributed by atoms with Gasteiger partial charge in [0.25, 0.3) is 5.91 Å². The van der Waals surface area contributed by atoms with Gasteiger partial charge in [-0.25, -0.2) is 0 Å². The van der Waals surface area contributed by atoms with Gasteiger partial charge in [-0.1, -0.05) is 13.8 Å². The number of amides is 1. The van der Waals surface area contributed by atoms with Gasteiger partial charge in [-0.3, -0.25) is 4.79 Å². The van der Waals surface area contributed by atoms with Gasteiger partial charge in [-0.2, -0.15) is 0 Å². The summed E-state index contributed by atoms with van der Waals surface area (Å²) < 4.78 is 11.3. The molecule has 4 heteroatoms. The number of nitrogens with one attached hydrogen (secondary N) is 1. The highest BCUT2D eigenvalue weighted by Gasteiger charge is 2.11. The summed E-state index contributed by atoms with van der Waals surface area (Å²) in [5, 5.41) is 2.95. The lowest BCUT2D eigenvalue weighted by Gasteiger charge is -2.14. The number of carbonyl (C=O) groups is 1. The second-order valence-electron chi connectivity index (χ2n) is 6.05. The Morgan fingerprint density at radius 1 is 1.23 bits per heavy atom. The average Bonchev–Trinajstić information content (AvgIpc) is 2.45. The Hall–Kier alpha value is -1.55. The first kappa shape index (κ1) is 18.5. The summed E-state index contributed by atoms with van der Waals surface area (Å²) in [5.41, 5.74) is 1.56. The fraction of sp³-hybridized carbons (Fsp3) is 0.611. The molecule has 0 aliphatic carbocycles. The van der Waals surface area contributed by atoms with Crippen molar-refractivity contribution < 1.29 is 14.3 Å². The van der Waals surface area contributed by atoms with Crippen LogP contribution in [0, 0.1) is 5.92 Å². The van der Waals surface area contributed by atoms with Crippen molar-refractivity contribution in [1.82, 2.24) is 5.32 Å². The molecule has 4 nitrogen and oxygen atoms in total. The van der Waals surface area contributed by atoms with Crippen molar-refractivity contribution in [2.75, 3.05) is 13.2 Å². The molecule has 0 heterocycles. The maximum absolute atomic E-state index is 12.2. The number of hydrogen-bond donors (Lipinski definition) is 1. The van der Waals surface area contributed by atoms with Crippen molar-refractivity contribution in [2.24, 2.45) is 5.92 Å². The Morgan fingerprint density at radius 3 is 2.55 bits per heavy atom. The molecule has 0 aliphatic rings. The van der Waals surface area contributed by atoms with Crippen LogP contribution in [0.4, 0.5) is 0 Å². The predicted octanol–water partition coefficient (Wildman–Crippen LogP) is 3.79. The van der Waals surface area contributed by atoms with Crippen LogP contribution in [-0.2, 0) is 11.3 Å². The first-order valence-electron chi connectivity index (χ1n) is 8.09. The highest BCUT2D eigenvalue weighted by atomic mass is 16.5. The molecule has 0 unspecified atom stereocenters. The second kappa shape index (κ2) is 9.46. The van der Waals surface area contributed by atoms with E-state index >= 15 is 0 Å². The fourth-order valence-corrected chi connectivity index (χ4v) is 1.96. The third-order valence-electron chi connectivity index (χ3n) is 3.20. The van der Waals surface area contributed by atoms with Gasteiger partial charge in [0, 0.05) is 17.7 Å². The summed E-state index contributed by atoms with van der Waals surface area (Å²) in [6.07, 6.45) is 1.12. The van der Waals surface area contributed by atoms with Gasteiger partial charge < -0.3 is 14.8 Å². The third-order valence-corrected chi connectivity index (χ3v) is 3.20. The van der Waals surface area contributed by atoms with Crippen LogP contribution in [0.25, 0.3) is 0 Å². The van der Waals surface area contributed by atoms with Crippen LogP contribution in [0.3, 0.4) is 0 Å². The topological polar surface area (TPSA) is 47.6 Å². The number of rotatable bonds is 9. The lowest BCUT2D eigenvalue weighted by Crippen LogP contribution is -2.25. The summed E-state index contributed by atoms with van der Waals surface area (Å²) in [6.45, 7) is 11.9. The monoisotopic (exact) mass is 307 g/mol. The van der Waals surface area contributed by atoms with E-state index in [1.165, 1.54) is 0 Å². The zero-order chi connectivity index (χ0) is 16.5. The van der Waals surface area contributed by atoms with E-state index in [1.54, 1.807) is 6.07 Å². The van der Waals surface area contributed by atoms with Crippen molar-refractivity contribution >= 4 is 5.91 Å². The van der Waals surface area contributed by atoms with Gasteiger partial charge in [0.15, 0.2) is 0 Å². The van der Waals surface area contributed by atoms with Gasteiger partial charge in [-0.05, 0) is 51.3 Å². The highest BCUT2D eigenvalue weighted by molar-refractivity contribution is 5.94. The van der Waals surface area contributed by atoms with Crippen LogP contribution in [0.2, 0.25) is 0 Å². The molecule has 0 spiro atoms. The van der Waals surface area contributed by atoms with Crippen molar-refractivity contribution in [1.29, 1.82) is 0 Å². The molecule has 1 aromatic carbocycles. The van der Waals surface area contributed by atoms with Crippen molar-refractivity contribution in [2.45, 2.75) is 53.8 Å². The van der Waals surface area contributed by atoms with E-state index < -0.39 is 0 Å². The molecule has 0 saturated heterocycles. The quantitative estimate of drug-likeness (QED) is 0.755. The molecule has 0 aromatic heterocycles. The molecule has 1 N–H and O–H groups in total. The van der Waals surface area contributed by atoms with E-state index in [0.29, 0.717) is 31.2 Å². The molecule has 0 aliphatic heterocycles. The molecule has 1 aromatic rings. The highest BCUT2D eigenvalue weighted by Crippen LogP contribution is 2.22. The SMILES string of the molecule is CCOc1ccc(C(=O)NCCC(C)C)cc1COC(C)C. The first-order chi connectivity index (χ1) is 10.4. The van der Waals surface area contributed by atoms with Crippen LogP contribution in [-0.4, -0.2) is 25.2 Å². The average molecular weight is 307 g/mol. The maximum atomic E-state index is 12.2. The summed E-state index contributed by atoms with van der Waals surface area (Å²) in [6, 6.07) is 5.51. The Balaban J connectivity index is 2.78. The zero-order valence-electron chi connectivity index (χ0n) is 14.4. The number of ether oxygens (including phenoxy) is 2. The Bertz CT molecular complexity index is 469. The normalized spacial score (nSPS) is 11.0. The smallest absolute Gasteiger partial charge is 0.251 e. The standard InChI is InChI=1S/C18H29NO3/c1-6-21-17-8-7-15(11-16(17)12-22-14(4)5)18(20)19-10-9-13(2)3/h7-8,11,13-14H,6,9-10,12H2,1-5H3,(H,19,20). The van der Waals surface area contributed by atoms with E-state index in [0.717, 1.165) is 17.7 Å². The van der Waals surface area contributed by atoms with Crippen molar-refractivity contribution in [3.05, 3.63) is 29.3 Å². The molecular formula is C18H29NO3. The molecule has 124 valence electrons. The van der Waals surface area contributed by atoms with E-state index in [4.69, 9.17) is 9.47 Å². The predicted molar refractivity (Wildman–Crippen MR) is 89.3 cm³/mol. The minimum Gasteiger partial charge on any atom is -0.494 e. The number of carbonyl (C=O) groups excluding carboxylic acids is 1. The lowest BCUT2D eigenvalue weighted by atomic mass is 10.1. The number of benzene rings is 1. The van der Waals surface area contributed by atoms with Gasteiger partial charge in [0.05, 0.1) is 19.3 Å². The summed E-state index contributed by atoms with van der Waals surface area (Å²) in [4.78, 5) is 12.2. The van der Waals surface area contributed by atoms with Gasteiger partial charge >= 0.3 is 0 Å². The largest absolute Gasteiger partial charge is 0.494 e. The van der Waals surface area contributed by atoms with E-state index in [-0.39, 0.29) is 12.0 Å². The molecule has 0 fully saturated rings. The number of hydrogen-bond acceptors (Lipinski definition) is 3. The van der Waals surface area contributed by atoms with Crippen LogP contribution in [0.1, 0.15) is 57.0 Å². The Kier molecular flexibility index (Phi) is 7.96. The Morgan fingerprint density at radius 2 is 1.95 bits per heavy atom. The summed E-state index contributed by atoms with van der Waals surface area (Å²) in [5.74, 6) is 1.31. The van der Waals surface area contributed by atoms with Crippen LogP contribution >= 0.6 is 0 Å². The summed E-state index contributed by atoms with van der Waals surface area (Å²) in [7, 11) is 0. The fourth-order valence-electron chi connectivity index (χ4n) is 1.96. The van der Waals surface area contributed by atoms with E-state index in [2.05, 4.69) is 19.2 Å². The minimum absolute atomic E-state index is 0.0468. The van der Waals surface area contributed by atoms with E-state index in [9.17, 15) is 4.79 Å². The van der Waals surface area contributed by atoms with Gasteiger partial charge in [0.2, 0.25) is 0 Å². The van der Waals surface area contributed by atoms with E-state index in [1.807, 2.05) is 32.9 Å². The van der Waals surface area contributed by atoms with Crippen LogP contribution < -0.4 is 10.1 Å². The first-order valence-corrected chi connectivity index (χ1v) is 8.09. The van der Waals surface area contributed by atoms with Gasteiger partial charge in [0.1, 0.15) is 5.75 Å². The summed E-state index contributed by atoms with van der Waals surface area (Å²) >= 11 is 0. The zero-order valence-corrected chi connectivity index (χ0v) is 14.4. The molecule has 0 radical (unpaired) electrons. The molecule has 22 heavy (non-hydrogen) atoms. The maximum Gasteiger partial charge on any atom is 0.251 e. The van der Waals surface area contributed by atoms with Crippen molar-refractivity contribution in [3.63, 3.8) is 0 Å². The van der Waals surface area contributed by atoms with Crippen molar-refractivity contribution in [3.8, 4) is 5.75 Å². The molecule has 0 saturated carbocycles. The molecular weight excluding hydrogens is 278 g/mol. The van der Waals surface area contributed by atoms with Crippen LogP contribution in [0.15, 0.2) is 18.2 Å². The molecule has 0 bridgehead atoms. The molecule has 1 amide bonds. The third kappa shape index (κ3) is 6.48. The Labute approximate surface area is 134 Å². The second-order valence-corrected chi connectivity index (χ2v) is 6.05. The van der Waals surface area contributed by atoms with Gasteiger partial charge in [-0.15, -0.1) is 0 Å². The van der Waals surface area contributed by atoms with Crippen LogP contribution in [0.5, 0.6) is 5.75 Å². The minimum atomic E-state index is -0.0468. The molecule has 0 atom stereocenters.